The zero-order valence-corrected chi connectivity index (χ0v) is 12.3. The molecule has 0 spiro atoms. The van der Waals surface area contributed by atoms with Gasteiger partial charge in [0.1, 0.15) is 0 Å². The van der Waals surface area contributed by atoms with E-state index in [1.54, 1.807) is 31.2 Å². The lowest BCUT2D eigenvalue weighted by Crippen LogP contribution is -2.28. The Hall–Kier alpha value is -0.620. The van der Waals surface area contributed by atoms with Gasteiger partial charge in [0.25, 0.3) is 0 Å². The molecule has 1 fully saturated rings. The van der Waals surface area contributed by atoms with Gasteiger partial charge in [-0.1, -0.05) is 30.7 Å². The van der Waals surface area contributed by atoms with E-state index in [0.717, 1.165) is 5.56 Å². The molecule has 1 aliphatic rings. The molecule has 0 radical (unpaired) electrons. The summed E-state index contributed by atoms with van der Waals surface area (Å²) in [7, 11) is -3.24. The summed E-state index contributed by atoms with van der Waals surface area (Å²) in [5.74, 6) is -0.187. The highest BCUT2D eigenvalue weighted by Crippen LogP contribution is 2.62. The molecule has 4 nitrogen and oxygen atoms in total. The third-order valence-electron chi connectivity index (χ3n) is 4.07. The zero-order valence-electron chi connectivity index (χ0n) is 10.7. The van der Waals surface area contributed by atoms with Crippen molar-refractivity contribution < 1.29 is 13.5 Å². The average Bonchev–Trinajstić information content (AvgIpc) is 3.10. The van der Waals surface area contributed by atoms with Crippen molar-refractivity contribution in [2.24, 2.45) is 11.1 Å². The van der Waals surface area contributed by atoms with Crippen molar-refractivity contribution in [2.75, 3.05) is 18.9 Å². The van der Waals surface area contributed by atoms with Crippen molar-refractivity contribution in [2.45, 2.75) is 18.1 Å². The molecule has 3 N–H and O–H groups in total. The average molecular weight is 304 g/mol. The van der Waals surface area contributed by atoms with Gasteiger partial charge in [0.15, 0.2) is 9.84 Å². The summed E-state index contributed by atoms with van der Waals surface area (Å²) < 4.78 is 24.3. The second kappa shape index (κ2) is 5.05. The molecule has 1 aromatic carbocycles. The Morgan fingerprint density at radius 2 is 1.95 bits per heavy atom. The summed E-state index contributed by atoms with van der Waals surface area (Å²) in [5, 5.41) is 9.60. The van der Waals surface area contributed by atoms with Crippen LogP contribution in [0.25, 0.3) is 0 Å². The first-order valence-electron chi connectivity index (χ1n) is 6.21. The molecule has 0 saturated heterocycles. The van der Waals surface area contributed by atoms with E-state index in [9.17, 15) is 13.5 Å². The number of sulfone groups is 1. The largest absolute Gasteiger partial charge is 0.396 e. The molecule has 19 heavy (non-hydrogen) atoms. The van der Waals surface area contributed by atoms with Crippen LogP contribution in [-0.4, -0.2) is 37.7 Å². The van der Waals surface area contributed by atoms with Crippen LogP contribution in [0.5, 0.6) is 0 Å². The maximum atomic E-state index is 12.2. The monoisotopic (exact) mass is 303 g/mol. The molecule has 0 unspecified atom stereocenters. The third-order valence-corrected chi connectivity index (χ3v) is 6.64. The van der Waals surface area contributed by atoms with Crippen molar-refractivity contribution in [3.63, 3.8) is 0 Å². The molecule has 106 valence electrons. The van der Waals surface area contributed by atoms with E-state index in [-0.39, 0.29) is 24.8 Å². The van der Waals surface area contributed by atoms with E-state index in [2.05, 4.69) is 0 Å². The number of rotatable bonds is 5. The zero-order chi connectivity index (χ0) is 14.3. The minimum atomic E-state index is -3.24. The summed E-state index contributed by atoms with van der Waals surface area (Å²) in [6.45, 7) is 1.55. The van der Waals surface area contributed by atoms with E-state index in [4.69, 9.17) is 17.3 Å². The van der Waals surface area contributed by atoms with Gasteiger partial charge in [-0.3, -0.25) is 0 Å². The minimum absolute atomic E-state index is 0.0590. The van der Waals surface area contributed by atoms with Crippen LogP contribution in [0.3, 0.4) is 0 Å². The molecule has 1 aromatic rings. The Morgan fingerprint density at radius 1 is 1.37 bits per heavy atom. The Bertz CT molecular complexity index is 552. The van der Waals surface area contributed by atoms with Gasteiger partial charge in [0.2, 0.25) is 0 Å². The number of aliphatic hydroxyl groups excluding tert-OH is 1. The van der Waals surface area contributed by atoms with E-state index in [1.165, 1.54) is 0 Å². The minimum Gasteiger partial charge on any atom is -0.396 e. The second-order valence-electron chi connectivity index (χ2n) is 5.00. The van der Waals surface area contributed by atoms with Crippen LogP contribution < -0.4 is 5.73 Å². The second-order valence-corrected chi connectivity index (χ2v) is 7.84. The third kappa shape index (κ3) is 2.29. The van der Waals surface area contributed by atoms with Crippen LogP contribution in [0.1, 0.15) is 18.4 Å². The predicted molar refractivity (Wildman–Crippen MR) is 76.0 cm³/mol. The maximum Gasteiger partial charge on any atom is 0.154 e. The van der Waals surface area contributed by atoms with Gasteiger partial charge in [-0.2, -0.15) is 0 Å². The summed E-state index contributed by atoms with van der Waals surface area (Å²) in [5.41, 5.74) is 5.85. The number of nitrogens with two attached hydrogens (primary N) is 1. The molecule has 0 aromatic heterocycles. The molecule has 2 rings (SSSR count). The summed E-state index contributed by atoms with van der Waals surface area (Å²) in [6.07, 6.45) is 0. The highest BCUT2D eigenvalue weighted by molar-refractivity contribution is 7.92. The van der Waals surface area contributed by atoms with Crippen molar-refractivity contribution in [1.82, 2.24) is 0 Å². The molecule has 0 aliphatic heterocycles. The first-order chi connectivity index (χ1) is 8.93. The number of benzene rings is 1. The molecule has 0 bridgehead atoms. The lowest BCUT2D eigenvalue weighted by molar-refractivity contribution is 0.212. The van der Waals surface area contributed by atoms with Crippen molar-refractivity contribution in [3.05, 3.63) is 34.9 Å². The normalized spacial score (nSPS) is 30.3. The van der Waals surface area contributed by atoms with Crippen molar-refractivity contribution in [3.8, 4) is 0 Å². The fourth-order valence-electron chi connectivity index (χ4n) is 2.87. The van der Waals surface area contributed by atoms with Gasteiger partial charge >= 0.3 is 0 Å². The van der Waals surface area contributed by atoms with Crippen molar-refractivity contribution >= 4 is 21.4 Å². The molecule has 6 heteroatoms. The van der Waals surface area contributed by atoms with Gasteiger partial charge in [-0.05, 0) is 17.7 Å². The Balaban J connectivity index is 2.42. The number of halogens is 1. The van der Waals surface area contributed by atoms with Gasteiger partial charge in [-0.15, -0.1) is 0 Å². The fraction of sp³-hybridized carbons (Fsp3) is 0.538. The van der Waals surface area contributed by atoms with Crippen molar-refractivity contribution in [1.29, 1.82) is 0 Å². The fourth-order valence-corrected chi connectivity index (χ4v) is 5.15. The molecule has 1 aliphatic carbocycles. The number of aliphatic hydroxyl groups is 1. The topological polar surface area (TPSA) is 80.4 Å². The smallest absolute Gasteiger partial charge is 0.154 e. The summed E-state index contributed by atoms with van der Waals surface area (Å²) in [4.78, 5) is 0. The standard InChI is InChI=1S/C13H18ClNO3S/c1-2-19(17,18)12-11(13(12,7-15)8-16)9-3-5-10(14)6-4-9/h3-6,11-12,16H,2,7-8,15H2,1H3/t11-,12+,13-/m1/s1. The Kier molecular flexibility index (Phi) is 3.93. The van der Waals surface area contributed by atoms with Crippen LogP contribution in [0.15, 0.2) is 24.3 Å². The van der Waals surface area contributed by atoms with Crippen LogP contribution in [0.4, 0.5) is 0 Å². The highest BCUT2D eigenvalue weighted by Gasteiger charge is 2.69. The van der Waals surface area contributed by atoms with E-state index in [0.29, 0.717) is 5.02 Å². The maximum absolute atomic E-state index is 12.2. The summed E-state index contributed by atoms with van der Waals surface area (Å²) >= 11 is 5.84. The van der Waals surface area contributed by atoms with Gasteiger partial charge in [0.05, 0.1) is 11.9 Å². The van der Waals surface area contributed by atoms with Crippen LogP contribution in [0, 0.1) is 5.41 Å². The molecule has 3 atom stereocenters. The molecule has 0 heterocycles. The Labute approximate surface area is 118 Å². The predicted octanol–water partition coefficient (Wildman–Crippen LogP) is 1.18. The molecular formula is C13H18ClNO3S. The molecule has 1 saturated carbocycles. The Morgan fingerprint density at radius 3 is 2.37 bits per heavy atom. The number of hydrogen-bond acceptors (Lipinski definition) is 4. The first-order valence-corrected chi connectivity index (χ1v) is 8.30. The van der Waals surface area contributed by atoms with E-state index in [1.807, 2.05) is 0 Å². The van der Waals surface area contributed by atoms with Crippen LogP contribution in [0.2, 0.25) is 5.02 Å². The quantitative estimate of drug-likeness (QED) is 0.856. The lowest BCUT2D eigenvalue weighted by Gasteiger charge is -2.11. The number of hydrogen-bond donors (Lipinski definition) is 2. The van der Waals surface area contributed by atoms with E-state index < -0.39 is 20.5 Å². The van der Waals surface area contributed by atoms with Gasteiger partial charge in [0, 0.05) is 28.7 Å². The SMILES string of the molecule is CCS(=O)(=O)[C@H]1[C@@H](c2ccc(Cl)cc2)[C@@]1(CN)CO. The van der Waals surface area contributed by atoms with Crippen LogP contribution in [-0.2, 0) is 9.84 Å². The summed E-state index contributed by atoms with van der Waals surface area (Å²) in [6, 6.07) is 7.06. The first kappa shape index (κ1) is 14.8. The van der Waals surface area contributed by atoms with Gasteiger partial charge < -0.3 is 10.8 Å². The van der Waals surface area contributed by atoms with E-state index >= 15 is 0 Å². The molecule has 0 amide bonds. The lowest BCUT2D eigenvalue weighted by atomic mass is 10.0. The highest BCUT2D eigenvalue weighted by atomic mass is 35.5. The van der Waals surface area contributed by atoms with Crippen LogP contribution >= 0.6 is 11.6 Å². The van der Waals surface area contributed by atoms with Gasteiger partial charge in [-0.25, -0.2) is 8.42 Å². The molecular weight excluding hydrogens is 286 g/mol.